The van der Waals surface area contributed by atoms with E-state index < -0.39 is 0 Å². The Morgan fingerprint density at radius 3 is 2.89 bits per heavy atom. The van der Waals surface area contributed by atoms with Crippen LogP contribution in [0.5, 0.6) is 5.75 Å². The predicted octanol–water partition coefficient (Wildman–Crippen LogP) is 3.20. The summed E-state index contributed by atoms with van der Waals surface area (Å²) in [6, 6.07) is 7.71. The van der Waals surface area contributed by atoms with Crippen molar-refractivity contribution in [2.45, 2.75) is 25.7 Å². The molecule has 1 aliphatic carbocycles. The van der Waals surface area contributed by atoms with Crippen LogP contribution < -0.4 is 4.74 Å². The molecule has 3 nitrogen and oxygen atoms in total. The molecule has 0 saturated heterocycles. The Hall–Kier alpha value is -1.61. The average molecular weight is 246 g/mol. The van der Waals surface area contributed by atoms with Crippen molar-refractivity contribution in [1.29, 1.82) is 0 Å². The standard InChI is InChI=1S/C15H18O3/c1-17-11-18-14-7-4-5-12(10-14)9-13-6-2-3-8-15(13)16/h4-5,7,9-10H,2-3,6,8,11H2,1H3. The third kappa shape index (κ3) is 3.44. The number of methoxy groups -OCH3 is 1. The minimum absolute atomic E-state index is 0.235. The van der Waals surface area contributed by atoms with Gasteiger partial charge in [0.15, 0.2) is 12.6 Å². The first-order valence-electron chi connectivity index (χ1n) is 6.25. The zero-order valence-corrected chi connectivity index (χ0v) is 10.6. The molecule has 1 aliphatic rings. The van der Waals surface area contributed by atoms with Crippen molar-refractivity contribution in [3.8, 4) is 5.75 Å². The molecule has 0 radical (unpaired) electrons. The topological polar surface area (TPSA) is 35.5 Å². The summed E-state index contributed by atoms with van der Waals surface area (Å²) in [5.74, 6) is 1.04. The van der Waals surface area contributed by atoms with Gasteiger partial charge < -0.3 is 9.47 Å². The van der Waals surface area contributed by atoms with E-state index in [1.807, 2.05) is 30.3 Å². The number of ether oxygens (including phenoxy) is 2. The van der Waals surface area contributed by atoms with Crippen molar-refractivity contribution in [3.05, 3.63) is 35.4 Å². The van der Waals surface area contributed by atoms with Crippen molar-refractivity contribution < 1.29 is 14.3 Å². The molecule has 0 atom stereocenters. The maximum Gasteiger partial charge on any atom is 0.188 e. The minimum atomic E-state index is 0.235. The lowest BCUT2D eigenvalue weighted by atomic mass is 9.92. The van der Waals surface area contributed by atoms with Crippen LogP contribution >= 0.6 is 0 Å². The highest BCUT2D eigenvalue weighted by molar-refractivity contribution is 6.00. The van der Waals surface area contributed by atoms with Gasteiger partial charge in [0.2, 0.25) is 0 Å². The van der Waals surface area contributed by atoms with Gasteiger partial charge in [0.05, 0.1) is 0 Å². The highest BCUT2D eigenvalue weighted by Gasteiger charge is 2.14. The SMILES string of the molecule is COCOc1cccc(C=C2CCCCC2=O)c1. The first-order chi connectivity index (χ1) is 8.79. The molecule has 0 N–H and O–H groups in total. The molecule has 0 spiro atoms. The molecule has 2 rings (SSSR count). The maximum atomic E-state index is 11.7. The fourth-order valence-electron chi connectivity index (χ4n) is 2.08. The number of carbonyl (C=O) groups is 1. The number of ketones is 1. The van der Waals surface area contributed by atoms with Crippen LogP contribution in [-0.4, -0.2) is 19.7 Å². The van der Waals surface area contributed by atoms with E-state index in [2.05, 4.69) is 0 Å². The van der Waals surface area contributed by atoms with Crippen molar-refractivity contribution in [2.24, 2.45) is 0 Å². The lowest BCUT2D eigenvalue weighted by molar-refractivity contribution is -0.116. The van der Waals surface area contributed by atoms with Crippen LogP contribution in [-0.2, 0) is 9.53 Å². The Balaban J connectivity index is 2.12. The van der Waals surface area contributed by atoms with Crippen LogP contribution in [0.4, 0.5) is 0 Å². The summed E-state index contributed by atoms with van der Waals surface area (Å²) in [6.07, 6.45) is 5.68. The van der Waals surface area contributed by atoms with Crippen molar-refractivity contribution in [1.82, 2.24) is 0 Å². The predicted molar refractivity (Wildman–Crippen MR) is 70.4 cm³/mol. The van der Waals surface area contributed by atoms with Crippen molar-refractivity contribution in [3.63, 3.8) is 0 Å². The second-order valence-corrected chi connectivity index (χ2v) is 4.42. The highest BCUT2D eigenvalue weighted by atomic mass is 16.7. The smallest absolute Gasteiger partial charge is 0.188 e. The van der Waals surface area contributed by atoms with E-state index in [0.29, 0.717) is 6.42 Å². The Bertz CT molecular complexity index is 449. The van der Waals surface area contributed by atoms with Crippen LogP contribution in [0.2, 0.25) is 0 Å². The molecular weight excluding hydrogens is 228 g/mol. The fraction of sp³-hybridized carbons (Fsp3) is 0.400. The number of hydrogen-bond acceptors (Lipinski definition) is 3. The number of allylic oxidation sites excluding steroid dienone is 1. The third-order valence-corrected chi connectivity index (χ3v) is 3.00. The molecular formula is C15H18O3. The van der Waals surface area contributed by atoms with E-state index in [1.54, 1.807) is 7.11 Å². The Morgan fingerprint density at radius 2 is 2.11 bits per heavy atom. The minimum Gasteiger partial charge on any atom is -0.468 e. The summed E-state index contributed by atoms with van der Waals surface area (Å²) in [4.78, 5) is 11.7. The summed E-state index contributed by atoms with van der Waals surface area (Å²) in [5.41, 5.74) is 1.94. The Labute approximate surface area is 107 Å². The summed E-state index contributed by atoms with van der Waals surface area (Å²) in [7, 11) is 1.59. The van der Waals surface area contributed by atoms with Gasteiger partial charge in [0, 0.05) is 13.5 Å². The summed E-state index contributed by atoms with van der Waals surface area (Å²) < 4.78 is 10.2. The number of hydrogen-bond donors (Lipinski definition) is 0. The molecule has 96 valence electrons. The number of Topliss-reactive ketones (excluding diaryl/α,β-unsaturated/α-hetero) is 1. The average Bonchev–Trinajstić information content (AvgIpc) is 2.40. The Morgan fingerprint density at radius 1 is 1.28 bits per heavy atom. The molecule has 0 bridgehead atoms. The van der Waals surface area contributed by atoms with Gasteiger partial charge in [0.25, 0.3) is 0 Å². The molecule has 1 saturated carbocycles. The fourth-order valence-corrected chi connectivity index (χ4v) is 2.08. The molecule has 0 aliphatic heterocycles. The molecule has 1 aromatic rings. The van der Waals surface area contributed by atoms with E-state index in [-0.39, 0.29) is 12.6 Å². The number of benzene rings is 1. The number of rotatable bonds is 4. The molecule has 3 heteroatoms. The van der Waals surface area contributed by atoms with Gasteiger partial charge in [-0.15, -0.1) is 0 Å². The summed E-state index contributed by atoms with van der Waals surface area (Å²) in [5, 5.41) is 0. The van der Waals surface area contributed by atoms with Gasteiger partial charge in [0.1, 0.15) is 5.75 Å². The highest BCUT2D eigenvalue weighted by Crippen LogP contribution is 2.23. The summed E-state index contributed by atoms with van der Waals surface area (Å²) >= 11 is 0. The molecule has 0 aromatic heterocycles. The molecule has 0 amide bonds. The Kier molecular flexibility index (Phi) is 4.53. The van der Waals surface area contributed by atoms with Gasteiger partial charge in [-0.1, -0.05) is 12.1 Å². The monoisotopic (exact) mass is 246 g/mol. The van der Waals surface area contributed by atoms with E-state index in [4.69, 9.17) is 9.47 Å². The van der Waals surface area contributed by atoms with Crippen LogP contribution in [0.3, 0.4) is 0 Å². The van der Waals surface area contributed by atoms with Crippen LogP contribution in [0.1, 0.15) is 31.2 Å². The first kappa shape index (κ1) is 12.8. The van der Waals surface area contributed by atoms with E-state index in [0.717, 1.165) is 36.1 Å². The molecule has 1 fully saturated rings. The largest absolute Gasteiger partial charge is 0.468 e. The second kappa shape index (κ2) is 6.36. The van der Waals surface area contributed by atoms with Crippen LogP contribution in [0.15, 0.2) is 29.8 Å². The van der Waals surface area contributed by atoms with Crippen molar-refractivity contribution in [2.75, 3.05) is 13.9 Å². The zero-order valence-electron chi connectivity index (χ0n) is 10.6. The first-order valence-corrected chi connectivity index (χ1v) is 6.25. The maximum absolute atomic E-state index is 11.7. The summed E-state index contributed by atoms with van der Waals surface area (Å²) in [6.45, 7) is 0.235. The van der Waals surface area contributed by atoms with Crippen molar-refractivity contribution >= 4 is 11.9 Å². The molecule has 0 heterocycles. The molecule has 1 aromatic carbocycles. The van der Waals surface area contributed by atoms with Gasteiger partial charge in [-0.3, -0.25) is 4.79 Å². The van der Waals surface area contributed by atoms with Crippen LogP contribution in [0.25, 0.3) is 6.08 Å². The number of carbonyl (C=O) groups excluding carboxylic acids is 1. The lowest BCUT2D eigenvalue weighted by Gasteiger charge is -2.12. The normalized spacial score (nSPS) is 18.1. The van der Waals surface area contributed by atoms with Gasteiger partial charge in [-0.05, 0) is 48.6 Å². The zero-order chi connectivity index (χ0) is 12.8. The van der Waals surface area contributed by atoms with Crippen LogP contribution in [0, 0.1) is 0 Å². The van der Waals surface area contributed by atoms with Gasteiger partial charge in [-0.2, -0.15) is 0 Å². The van der Waals surface area contributed by atoms with E-state index in [9.17, 15) is 4.79 Å². The van der Waals surface area contributed by atoms with E-state index >= 15 is 0 Å². The lowest BCUT2D eigenvalue weighted by Crippen LogP contribution is -2.08. The van der Waals surface area contributed by atoms with Gasteiger partial charge >= 0.3 is 0 Å². The van der Waals surface area contributed by atoms with E-state index in [1.165, 1.54) is 0 Å². The second-order valence-electron chi connectivity index (χ2n) is 4.42. The molecule has 0 unspecified atom stereocenters. The van der Waals surface area contributed by atoms with Gasteiger partial charge in [-0.25, -0.2) is 0 Å². The third-order valence-electron chi connectivity index (χ3n) is 3.00. The molecule has 18 heavy (non-hydrogen) atoms. The quantitative estimate of drug-likeness (QED) is 0.604.